The van der Waals surface area contributed by atoms with Gasteiger partial charge in [0, 0.05) is 21.3 Å². The summed E-state index contributed by atoms with van der Waals surface area (Å²) in [6.45, 7) is -0.150. The highest BCUT2D eigenvalue weighted by molar-refractivity contribution is 9.10. The summed E-state index contributed by atoms with van der Waals surface area (Å²) in [4.78, 5) is 38.8. The van der Waals surface area contributed by atoms with Gasteiger partial charge < -0.3 is 14.8 Å². The molecule has 1 aliphatic rings. The number of carbonyl (C=O) groups is 3. The molecule has 0 aliphatic carbocycles. The third kappa shape index (κ3) is 6.87. The summed E-state index contributed by atoms with van der Waals surface area (Å²) in [5.74, 6) is 0.199. The van der Waals surface area contributed by atoms with E-state index >= 15 is 0 Å². The molecule has 0 unspecified atom stereocenters. The number of benzene rings is 3. The zero-order valence-corrected chi connectivity index (χ0v) is 23.2. The van der Waals surface area contributed by atoms with Crippen molar-refractivity contribution in [3.05, 3.63) is 91.2 Å². The van der Waals surface area contributed by atoms with Gasteiger partial charge in [-0.05, 0) is 87.9 Å². The van der Waals surface area contributed by atoms with Gasteiger partial charge in [-0.15, -0.1) is 0 Å². The molecule has 0 saturated carbocycles. The molecule has 1 saturated heterocycles. The lowest BCUT2D eigenvalue weighted by Crippen LogP contribution is -2.36. The molecule has 1 aliphatic heterocycles. The summed E-state index contributed by atoms with van der Waals surface area (Å²) in [6.07, 6.45) is 1.59. The number of carbonyl (C=O) groups excluding carboxylic acids is 3. The standard InChI is InChI=1S/C26H19BrCl2N2O5S/c1-35-19-7-5-18(6-8-19)30-24(32)13-31-25(33)23(37-26(31)34)11-15-2-9-22(20(27)10-15)36-14-16-3-4-17(28)12-21(16)29/h2-12H,13-14H2,1H3,(H,30,32)/b23-11+. The highest BCUT2D eigenvalue weighted by atomic mass is 79.9. The second-order valence-electron chi connectivity index (χ2n) is 7.76. The molecule has 7 nitrogen and oxygen atoms in total. The average Bonchev–Trinajstić information content (AvgIpc) is 3.12. The van der Waals surface area contributed by atoms with E-state index in [0.29, 0.717) is 37.3 Å². The summed E-state index contributed by atoms with van der Waals surface area (Å²) in [5, 5.41) is 3.20. The van der Waals surface area contributed by atoms with Gasteiger partial charge in [0.25, 0.3) is 11.1 Å². The molecule has 3 aromatic carbocycles. The van der Waals surface area contributed by atoms with Crippen LogP contribution in [0, 0.1) is 0 Å². The molecule has 3 amide bonds. The maximum Gasteiger partial charge on any atom is 0.294 e. The van der Waals surface area contributed by atoms with Crippen molar-refractivity contribution in [3.63, 3.8) is 0 Å². The molecule has 1 heterocycles. The Balaban J connectivity index is 1.38. The summed E-state index contributed by atoms with van der Waals surface area (Å²) >= 11 is 16.4. The number of rotatable bonds is 8. The van der Waals surface area contributed by atoms with Gasteiger partial charge in [0.15, 0.2) is 0 Å². The Morgan fingerprint density at radius 3 is 2.51 bits per heavy atom. The molecule has 11 heteroatoms. The largest absolute Gasteiger partial charge is 0.497 e. The van der Waals surface area contributed by atoms with Crippen molar-refractivity contribution < 1.29 is 23.9 Å². The Labute approximate surface area is 235 Å². The summed E-state index contributed by atoms with van der Waals surface area (Å²) in [6, 6.07) is 17.2. The lowest BCUT2D eigenvalue weighted by molar-refractivity contribution is -0.127. The first kappa shape index (κ1) is 27.1. The van der Waals surface area contributed by atoms with Crippen LogP contribution in [-0.4, -0.2) is 35.6 Å². The molecule has 1 fully saturated rings. The first-order chi connectivity index (χ1) is 17.7. The van der Waals surface area contributed by atoms with E-state index in [1.807, 2.05) is 0 Å². The number of nitrogens with one attached hydrogen (secondary N) is 1. The average molecular weight is 622 g/mol. The monoisotopic (exact) mass is 620 g/mol. The fourth-order valence-corrected chi connectivity index (χ4v) is 5.14. The number of hydrogen-bond acceptors (Lipinski definition) is 6. The molecular formula is C26H19BrCl2N2O5S. The number of anilines is 1. The summed E-state index contributed by atoms with van der Waals surface area (Å²) in [7, 11) is 1.54. The Hall–Kier alpha value is -2.98. The molecule has 0 bridgehead atoms. The van der Waals surface area contributed by atoms with Crippen LogP contribution in [-0.2, 0) is 16.2 Å². The molecule has 37 heavy (non-hydrogen) atoms. The van der Waals surface area contributed by atoms with E-state index in [0.717, 1.165) is 22.2 Å². The highest BCUT2D eigenvalue weighted by Gasteiger charge is 2.36. The van der Waals surface area contributed by atoms with Crippen LogP contribution < -0.4 is 14.8 Å². The van der Waals surface area contributed by atoms with Crippen molar-refractivity contribution in [1.82, 2.24) is 4.90 Å². The van der Waals surface area contributed by atoms with Crippen molar-refractivity contribution in [2.75, 3.05) is 19.0 Å². The molecule has 0 aromatic heterocycles. The van der Waals surface area contributed by atoms with Crippen molar-refractivity contribution in [3.8, 4) is 11.5 Å². The van der Waals surface area contributed by atoms with Crippen LogP contribution in [0.2, 0.25) is 10.0 Å². The maximum atomic E-state index is 12.8. The van der Waals surface area contributed by atoms with Crippen molar-refractivity contribution in [2.24, 2.45) is 0 Å². The fourth-order valence-electron chi connectivity index (χ4n) is 3.32. The topological polar surface area (TPSA) is 84.9 Å². The maximum absolute atomic E-state index is 12.8. The van der Waals surface area contributed by atoms with E-state index < -0.39 is 23.6 Å². The Kier molecular flexibility index (Phi) is 8.81. The van der Waals surface area contributed by atoms with Crippen LogP contribution in [0.15, 0.2) is 70.0 Å². The number of halogens is 3. The van der Waals surface area contributed by atoms with Gasteiger partial charge in [-0.1, -0.05) is 35.3 Å². The van der Waals surface area contributed by atoms with E-state index in [-0.39, 0.29) is 11.5 Å². The Morgan fingerprint density at radius 1 is 1.08 bits per heavy atom. The number of amides is 3. The van der Waals surface area contributed by atoms with Crippen LogP contribution in [0.25, 0.3) is 6.08 Å². The smallest absolute Gasteiger partial charge is 0.294 e. The van der Waals surface area contributed by atoms with E-state index in [9.17, 15) is 14.4 Å². The van der Waals surface area contributed by atoms with Crippen LogP contribution >= 0.6 is 50.9 Å². The minimum atomic E-state index is -0.534. The normalized spacial score (nSPS) is 14.3. The zero-order valence-electron chi connectivity index (χ0n) is 19.3. The number of hydrogen-bond donors (Lipinski definition) is 1. The van der Waals surface area contributed by atoms with Gasteiger partial charge in [-0.3, -0.25) is 19.3 Å². The predicted molar refractivity (Wildman–Crippen MR) is 149 cm³/mol. The van der Waals surface area contributed by atoms with Crippen LogP contribution in [0.5, 0.6) is 11.5 Å². The van der Waals surface area contributed by atoms with E-state index in [1.165, 1.54) is 0 Å². The number of thioether (sulfide) groups is 1. The lowest BCUT2D eigenvalue weighted by atomic mass is 10.2. The van der Waals surface area contributed by atoms with E-state index in [4.69, 9.17) is 32.7 Å². The lowest BCUT2D eigenvalue weighted by Gasteiger charge is -2.12. The van der Waals surface area contributed by atoms with Gasteiger partial charge in [0.1, 0.15) is 24.7 Å². The molecular weight excluding hydrogens is 603 g/mol. The summed E-state index contributed by atoms with van der Waals surface area (Å²) in [5.41, 5.74) is 1.99. The van der Waals surface area contributed by atoms with Crippen molar-refractivity contribution in [2.45, 2.75) is 6.61 Å². The van der Waals surface area contributed by atoms with Gasteiger partial charge in [-0.25, -0.2) is 0 Å². The number of nitrogens with zero attached hydrogens (tertiary/aromatic N) is 1. The number of ether oxygens (including phenoxy) is 2. The van der Waals surface area contributed by atoms with Crippen molar-refractivity contribution >= 4 is 79.7 Å². The van der Waals surface area contributed by atoms with Crippen LogP contribution in [0.1, 0.15) is 11.1 Å². The third-order valence-corrected chi connectivity index (χ3v) is 7.32. The molecule has 1 N–H and O–H groups in total. The van der Waals surface area contributed by atoms with Gasteiger partial charge in [0.05, 0.1) is 16.5 Å². The number of methoxy groups -OCH3 is 1. The highest BCUT2D eigenvalue weighted by Crippen LogP contribution is 2.34. The second kappa shape index (κ2) is 12.0. The minimum absolute atomic E-state index is 0.218. The molecule has 0 radical (unpaired) electrons. The first-order valence-electron chi connectivity index (χ1n) is 10.8. The van der Waals surface area contributed by atoms with Gasteiger partial charge in [0.2, 0.25) is 5.91 Å². The fraction of sp³-hybridized carbons (Fsp3) is 0.115. The SMILES string of the molecule is COc1ccc(NC(=O)CN2C(=O)S/C(=C/c3ccc(OCc4ccc(Cl)cc4Cl)c(Br)c3)C2=O)cc1. The first-order valence-corrected chi connectivity index (χ1v) is 13.2. The van der Waals surface area contributed by atoms with E-state index in [2.05, 4.69) is 21.2 Å². The molecule has 0 atom stereocenters. The van der Waals surface area contributed by atoms with Gasteiger partial charge in [-0.2, -0.15) is 0 Å². The Bertz CT molecular complexity index is 1400. The zero-order chi connectivity index (χ0) is 26.5. The van der Waals surface area contributed by atoms with Crippen LogP contribution in [0.3, 0.4) is 0 Å². The van der Waals surface area contributed by atoms with E-state index in [1.54, 1.807) is 73.8 Å². The van der Waals surface area contributed by atoms with Gasteiger partial charge >= 0.3 is 0 Å². The molecule has 3 aromatic rings. The quantitative estimate of drug-likeness (QED) is 0.272. The second-order valence-corrected chi connectivity index (χ2v) is 10.4. The minimum Gasteiger partial charge on any atom is -0.497 e. The third-order valence-electron chi connectivity index (χ3n) is 5.20. The molecule has 190 valence electrons. The number of imide groups is 1. The molecule has 4 rings (SSSR count). The molecule has 0 spiro atoms. The summed E-state index contributed by atoms with van der Waals surface area (Å²) < 4.78 is 11.6. The van der Waals surface area contributed by atoms with Crippen LogP contribution in [0.4, 0.5) is 10.5 Å². The van der Waals surface area contributed by atoms with Crippen molar-refractivity contribution in [1.29, 1.82) is 0 Å². The predicted octanol–water partition coefficient (Wildman–Crippen LogP) is 7.02. The Morgan fingerprint density at radius 2 is 1.84 bits per heavy atom.